The van der Waals surface area contributed by atoms with Crippen LogP contribution in [0.5, 0.6) is 0 Å². The van der Waals surface area contributed by atoms with Gasteiger partial charge in [0.2, 0.25) is 0 Å². The molecule has 0 spiro atoms. The zero-order valence-electron chi connectivity index (χ0n) is 8.42. The molecule has 0 amide bonds. The van der Waals surface area contributed by atoms with Gasteiger partial charge in [-0.2, -0.15) is 0 Å². The normalized spacial score (nSPS) is 29.2. The first-order valence-electron chi connectivity index (χ1n) is 5.31. The zero-order valence-corrected chi connectivity index (χ0v) is 8.42. The minimum absolute atomic E-state index is 0.833. The molecule has 3 nitrogen and oxygen atoms in total. The fraction of sp³-hybridized carbons (Fsp3) is 0.900. The van der Waals surface area contributed by atoms with Crippen molar-refractivity contribution in [1.29, 1.82) is 0 Å². The zero-order chi connectivity index (χ0) is 9.10. The molecule has 2 aliphatic heterocycles. The second kappa shape index (κ2) is 4.09. The van der Waals surface area contributed by atoms with Crippen molar-refractivity contribution < 1.29 is 0 Å². The lowest BCUT2D eigenvalue weighted by Crippen LogP contribution is -2.33. The van der Waals surface area contributed by atoms with Crippen molar-refractivity contribution >= 4 is 5.84 Å². The first-order chi connectivity index (χ1) is 6.36. The fourth-order valence-corrected chi connectivity index (χ4v) is 2.13. The van der Waals surface area contributed by atoms with E-state index in [1.165, 1.54) is 44.7 Å². The number of amidine groups is 1. The van der Waals surface area contributed by atoms with Crippen LogP contribution in [0.3, 0.4) is 0 Å². The summed E-state index contributed by atoms with van der Waals surface area (Å²) >= 11 is 0. The van der Waals surface area contributed by atoms with Crippen LogP contribution < -0.4 is 5.32 Å². The monoisotopic (exact) mass is 181 g/mol. The average Bonchev–Trinajstić information content (AvgIpc) is 2.61. The van der Waals surface area contributed by atoms with Gasteiger partial charge in [-0.05, 0) is 31.8 Å². The third-order valence-corrected chi connectivity index (χ3v) is 3.02. The molecule has 2 aliphatic rings. The van der Waals surface area contributed by atoms with Gasteiger partial charge in [0.05, 0.1) is 5.84 Å². The summed E-state index contributed by atoms with van der Waals surface area (Å²) in [6.45, 7) is 4.62. The van der Waals surface area contributed by atoms with Crippen molar-refractivity contribution in [2.45, 2.75) is 19.3 Å². The molecule has 0 radical (unpaired) electrons. The smallest absolute Gasteiger partial charge is 0.0989 e. The number of rotatable bonds is 2. The third-order valence-electron chi connectivity index (χ3n) is 3.02. The van der Waals surface area contributed by atoms with Crippen molar-refractivity contribution in [1.82, 2.24) is 10.2 Å². The summed E-state index contributed by atoms with van der Waals surface area (Å²) < 4.78 is 0. The van der Waals surface area contributed by atoms with Crippen molar-refractivity contribution in [3.63, 3.8) is 0 Å². The van der Waals surface area contributed by atoms with Crippen molar-refractivity contribution in [2.75, 3.05) is 33.2 Å². The molecule has 74 valence electrons. The van der Waals surface area contributed by atoms with E-state index in [9.17, 15) is 0 Å². The molecular formula is C10H19N3. The summed E-state index contributed by atoms with van der Waals surface area (Å²) in [5.74, 6) is 2.17. The van der Waals surface area contributed by atoms with Gasteiger partial charge in [0.1, 0.15) is 0 Å². The van der Waals surface area contributed by atoms with Crippen molar-refractivity contribution in [2.24, 2.45) is 10.9 Å². The van der Waals surface area contributed by atoms with E-state index in [2.05, 4.69) is 22.3 Å². The molecular weight excluding hydrogens is 162 g/mol. The molecule has 0 aliphatic carbocycles. The van der Waals surface area contributed by atoms with Gasteiger partial charge in [-0.1, -0.05) is 0 Å². The highest BCUT2D eigenvalue weighted by atomic mass is 15.2. The highest BCUT2D eigenvalue weighted by Gasteiger charge is 2.19. The fourth-order valence-electron chi connectivity index (χ4n) is 2.13. The predicted molar refractivity (Wildman–Crippen MR) is 55.1 cm³/mol. The highest BCUT2D eigenvalue weighted by Crippen LogP contribution is 2.15. The summed E-state index contributed by atoms with van der Waals surface area (Å²) in [5, 5.41) is 3.40. The van der Waals surface area contributed by atoms with E-state index >= 15 is 0 Å². The summed E-state index contributed by atoms with van der Waals surface area (Å²) in [4.78, 5) is 6.91. The Bertz CT molecular complexity index is 194. The van der Waals surface area contributed by atoms with E-state index < -0.39 is 0 Å². The lowest BCUT2D eigenvalue weighted by Gasteiger charge is -2.26. The minimum Gasteiger partial charge on any atom is -0.363 e. The van der Waals surface area contributed by atoms with E-state index in [4.69, 9.17) is 0 Å². The van der Waals surface area contributed by atoms with Gasteiger partial charge in [-0.3, -0.25) is 4.99 Å². The van der Waals surface area contributed by atoms with E-state index in [1.54, 1.807) is 0 Å². The van der Waals surface area contributed by atoms with Crippen LogP contribution in [-0.4, -0.2) is 44.0 Å². The molecule has 2 heterocycles. The molecule has 1 fully saturated rings. The van der Waals surface area contributed by atoms with E-state index in [0.29, 0.717) is 0 Å². The Kier molecular flexibility index (Phi) is 2.83. The Morgan fingerprint density at radius 2 is 2.54 bits per heavy atom. The Balaban J connectivity index is 1.88. The largest absolute Gasteiger partial charge is 0.363 e. The van der Waals surface area contributed by atoms with E-state index in [1.807, 2.05) is 0 Å². The first-order valence-corrected chi connectivity index (χ1v) is 5.31. The van der Waals surface area contributed by atoms with Crippen molar-refractivity contribution in [3.05, 3.63) is 0 Å². The van der Waals surface area contributed by atoms with E-state index in [-0.39, 0.29) is 0 Å². The summed E-state index contributed by atoms with van der Waals surface area (Å²) in [7, 11) is 2.17. The van der Waals surface area contributed by atoms with Gasteiger partial charge in [0, 0.05) is 26.6 Å². The predicted octanol–water partition coefficient (Wildman–Crippen LogP) is 0.720. The molecule has 1 N–H and O–H groups in total. The molecule has 0 aromatic carbocycles. The summed E-state index contributed by atoms with van der Waals surface area (Å²) in [6.07, 6.45) is 3.74. The second-order valence-electron chi connectivity index (χ2n) is 4.14. The van der Waals surface area contributed by atoms with Crippen LogP contribution in [0.2, 0.25) is 0 Å². The van der Waals surface area contributed by atoms with Gasteiger partial charge in [0.25, 0.3) is 0 Å². The summed E-state index contributed by atoms with van der Waals surface area (Å²) in [5.41, 5.74) is 0. The number of hydrogen-bond donors (Lipinski definition) is 1. The van der Waals surface area contributed by atoms with Gasteiger partial charge in [0.15, 0.2) is 0 Å². The molecule has 0 aromatic heterocycles. The molecule has 13 heavy (non-hydrogen) atoms. The minimum atomic E-state index is 0.833. The van der Waals surface area contributed by atoms with Crippen LogP contribution in [0.15, 0.2) is 4.99 Å². The maximum absolute atomic E-state index is 4.59. The first kappa shape index (κ1) is 9.00. The van der Waals surface area contributed by atoms with Crippen molar-refractivity contribution in [3.8, 4) is 0 Å². The van der Waals surface area contributed by atoms with Gasteiger partial charge < -0.3 is 10.2 Å². The molecule has 3 heteroatoms. The quantitative estimate of drug-likeness (QED) is 0.680. The second-order valence-corrected chi connectivity index (χ2v) is 4.14. The Hall–Kier alpha value is -0.570. The number of nitrogens with zero attached hydrogens (tertiary/aromatic N) is 2. The average molecular weight is 181 g/mol. The van der Waals surface area contributed by atoms with E-state index in [0.717, 1.165) is 12.5 Å². The Morgan fingerprint density at radius 1 is 1.62 bits per heavy atom. The van der Waals surface area contributed by atoms with Crippen LogP contribution in [0.4, 0.5) is 0 Å². The van der Waals surface area contributed by atoms with Gasteiger partial charge in [-0.25, -0.2) is 0 Å². The Morgan fingerprint density at radius 3 is 3.23 bits per heavy atom. The van der Waals surface area contributed by atoms with Gasteiger partial charge in [-0.15, -0.1) is 0 Å². The third kappa shape index (κ3) is 2.21. The topological polar surface area (TPSA) is 27.6 Å². The summed E-state index contributed by atoms with van der Waals surface area (Å²) in [6, 6.07) is 0. The van der Waals surface area contributed by atoms with Crippen LogP contribution in [-0.2, 0) is 0 Å². The SMILES string of the molecule is CN1CCCN=C1CC1CCNC1. The Labute approximate surface area is 80.2 Å². The molecule has 1 unspecified atom stereocenters. The standard InChI is InChI=1S/C10H19N3/c1-13-6-2-4-12-10(13)7-9-3-5-11-8-9/h9,11H,2-8H2,1H3. The van der Waals surface area contributed by atoms with Crippen LogP contribution in [0.1, 0.15) is 19.3 Å². The molecule has 1 atom stereocenters. The molecule has 0 bridgehead atoms. The number of hydrogen-bond acceptors (Lipinski definition) is 3. The highest BCUT2D eigenvalue weighted by molar-refractivity contribution is 5.82. The van der Waals surface area contributed by atoms with Crippen LogP contribution in [0.25, 0.3) is 0 Å². The van der Waals surface area contributed by atoms with Gasteiger partial charge >= 0.3 is 0 Å². The maximum Gasteiger partial charge on any atom is 0.0989 e. The molecule has 0 saturated carbocycles. The molecule has 2 rings (SSSR count). The molecule has 0 aromatic rings. The van der Waals surface area contributed by atoms with Crippen LogP contribution in [0, 0.1) is 5.92 Å². The number of nitrogens with one attached hydrogen (secondary N) is 1. The lowest BCUT2D eigenvalue weighted by molar-refractivity contribution is 0.439. The number of aliphatic imine (C=N–C) groups is 1. The van der Waals surface area contributed by atoms with Crippen LogP contribution >= 0.6 is 0 Å². The maximum atomic E-state index is 4.59. The lowest BCUT2D eigenvalue weighted by atomic mass is 10.0. The molecule has 1 saturated heterocycles.